The molecule has 124 valence electrons. The predicted octanol–water partition coefficient (Wildman–Crippen LogP) is 0.486. The molecule has 1 saturated carbocycles. The van der Waals surface area contributed by atoms with Crippen molar-refractivity contribution in [1.29, 1.82) is 0 Å². The van der Waals surface area contributed by atoms with E-state index in [4.69, 9.17) is 0 Å². The van der Waals surface area contributed by atoms with Crippen molar-refractivity contribution in [1.82, 2.24) is 20.4 Å². The van der Waals surface area contributed by atoms with Crippen molar-refractivity contribution in [3.8, 4) is 0 Å². The summed E-state index contributed by atoms with van der Waals surface area (Å²) < 4.78 is 0. The molecule has 0 aromatic carbocycles. The molecule has 3 amide bonds. The zero-order valence-electron chi connectivity index (χ0n) is 13.2. The molecule has 3 fully saturated rings. The number of hydrogen-bond acceptors (Lipinski definition) is 5. The first kappa shape index (κ1) is 16.1. The molecular formula is C15H26N4O2S. The number of nitrogens with zero attached hydrogens (tertiary/aromatic N) is 2. The van der Waals surface area contributed by atoms with Gasteiger partial charge in [0.25, 0.3) is 0 Å². The second-order valence-electron chi connectivity index (χ2n) is 6.50. The first-order valence-electron chi connectivity index (χ1n) is 8.30. The molecule has 0 spiro atoms. The third-order valence-corrected chi connectivity index (χ3v) is 5.99. The van der Waals surface area contributed by atoms with E-state index >= 15 is 0 Å². The lowest BCUT2D eigenvalue weighted by molar-refractivity contribution is -0.125. The number of imide groups is 1. The monoisotopic (exact) mass is 326 g/mol. The fraction of sp³-hybridized carbons (Fsp3) is 0.867. The molecule has 0 unspecified atom stereocenters. The summed E-state index contributed by atoms with van der Waals surface area (Å²) in [7, 11) is 0. The van der Waals surface area contributed by atoms with E-state index in [0.717, 1.165) is 45.1 Å². The molecule has 2 N–H and O–H groups in total. The maximum Gasteiger partial charge on any atom is 0.321 e. The molecule has 2 saturated heterocycles. The standard InChI is InChI=1S/C15H26N4O2S/c1-11(14(20)17-15(21)16-12-2-3-12)18-5-7-19(8-6-18)13-4-9-22-10-13/h11-13H,2-10H2,1H3,(H2,16,17,20,21)/t11-,13-/m1/s1. The van der Waals surface area contributed by atoms with Crippen molar-refractivity contribution in [3.63, 3.8) is 0 Å². The fourth-order valence-corrected chi connectivity index (χ4v) is 4.39. The van der Waals surface area contributed by atoms with Crippen molar-refractivity contribution in [3.05, 3.63) is 0 Å². The third-order valence-electron chi connectivity index (χ3n) is 4.85. The highest BCUT2D eigenvalue weighted by molar-refractivity contribution is 7.99. The molecule has 22 heavy (non-hydrogen) atoms. The van der Waals surface area contributed by atoms with Crippen LogP contribution in [0.1, 0.15) is 26.2 Å². The molecule has 3 rings (SSSR count). The van der Waals surface area contributed by atoms with Crippen molar-refractivity contribution >= 4 is 23.7 Å². The molecule has 6 nitrogen and oxygen atoms in total. The van der Waals surface area contributed by atoms with E-state index in [-0.39, 0.29) is 24.0 Å². The van der Waals surface area contributed by atoms with E-state index in [1.54, 1.807) is 0 Å². The number of amides is 3. The summed E-state index contributed by atoms with van der Waals surface area (Å²) in [6, 6.07) is 0.405. The molecular weight excluding hydrogens is 300 g/mol. The minimum absolute atomic E-state index is 0.192. The smallest absolute Gasteiger partial charge is 0.321 e. The number of rotatable bonds is 4. The quantitative estimate of drug-likeness (QED) is 0.787. The Labute approximate surface area is 136 Å². The number of urea groups is 1. The maximum absolute atomic E-state index is 12.2. The first-order valence-corrected chi connectivity index (χ1v) is 9.46. The zero-order chi connectivity index (χ0) is 15.5. The molecule has 1 aliphatic carbocycles. The fourth-order valence-electron chi connectivity index (χ4n) is 3.13. The van der Waals surface area contributed by atoms with Gasteiger partial charge in [0.15, 0.2) is 0 Å². The van der Waals surface area contributed by atoms with Gasteiger partial charge in [-0.1, -0.05) is 0 Å². The van der Waals surface area contributed by atoms with Crippen LogP contribution in [0.5, 0.6) is 0 Å². The first-order chi connectivity index (χ1) is 10.6. The van der Waals surface area contributed by atoms with Crippen LogP contribution in [0.15, 0.2) is 0 Å². The van der Waals surface area contributed by atoms with E-state index in [2.05, 4.69) is 20.4 Å². The van der Waals surface area contributed by atoms with Gasteiger partial charge in [0.2, 0.25) is 5.91 Å². The average molecular weight is 326 g/mol. The van der Waals surface area contributed by atoms with Crippen LogP contribution in [-0.2, 0) is 4.79 Å². The highest BCUT2D eigenvalue weighted by Crippen LogP contribution is 2.23. The van der Waals surface area contributed by atoms with Crippen LogP contribution in [0.25, 0.3) is 0 Å². The van der Waals surface area contributed by atoms with E-state index in [9.17, 15) is 9.59 Å². The van der Waals surface area contributed by atoms with Crippen molar-refractivity contribution in [2.75, 3.05) is 37.7 Å². The lowest BCUT2D eigenvalue weighted by atomic mass is 10.1. The van der Waals surface area contributed by atoms with Gasteiger partial charge in [0.05, 0.1) is 6.04 Å². The van der Waals surface area contributed by atoms with Crippen LogP contribution in [0, 0.1) is 0 Å². The van der Waals surface area contributed by atoms with Crippen LogP contribution in [0.4, 0.5) is 4.79 Å². The van der Waals surface area contributed by atoms with E-state index < -0.39 is 0 Å². The van der Waals surface area contributed by atoms with Gasteiger partial charge in [-0.2, -0.15) is 11.8 Å². The summed E-state index contributed by atoms with van der Waals surface area (Å²) in [6.45, 7) is 5.75. The van der Waals surface area contributed by atoms with Crippen molar-refractivity contribution < 1.29 is 9.59 Å². The lowest BCUT2D eigenvalue weighted by Crippen LogP contribution is -2.57. The van der Waals surface area contributed by atoms with Crippen LogP contribution < -0.4 is 10.6 Å². The number of carbonyl (C=O) groups excluding carboxylic acids is 2. The Morgan fingerprint density at radius 2 is 1.86 bits per heavy atom. The van der Waals surface area contributed by atoms with Gasteiger partial charge in [0.1, 0.15) is 0 Å². The molecule has 2 aliphatic heterocycles. The van der Waals surface area contributed by atoms with Gasteiger partial charge >= 0.3 is 6.03 Å². The number of thioether (sulfide) groups is 1. The number of nitrogens with one attached hydrogen (secondary N) is 2. The second kappa shape index (κ2) is 7.19. The Morgan fingerprint density at radius 3 is 2.45 bits per heavy atom. The Morgan fingerprint density at radius 1 is 1.14 bits per heavy atom. The molecule has 0 aromatic heterocycles. The van der Waals surface area contributed by atoms with Gasteiger partial charge in [-0.3, -0.25) is 19.9 Å². The van der Waals surface area contributed by atoms with Crippen LogP contribution >= 0.6 is 11.8 Å². The van der Waals surface area contributed by atoms with E-state index in [1.165, 1.54) is 17.9 Å². The molecule has 2 heterocycles. The SMILES string of the molecule is C[C@H](C(=O)NC(=O)NC1CC1)N1CCN([C@@H]2CCSC2)CC1. The number of piperazine rings is 1. The van der Waals surface area contributed by atoms with Gasteiger partial charge in [-0.25, -0.2) is 4.79 Å². The molecule has 0 aromatic rings. The Bertz CT molecular complexity index is 416. The van der Waals surface area contributed by atoms with Crippen molar-refractivity contribution in [2.45, 2.75) is 44.3 Å². The summed E-state index contributed by atoms with van der Waals surface area (Å²) in [6.07, 6.45) is 3.35. The van der Waals surface area contributed by atoms with Crippen LogP contribution in [-0.4, -0.2) is 77.5 Å². The highest BCUT2D eigenvalue weighted by Gasteiger charge is 2.31. The van der Waals surface area contributed by atoms with Gasteiger partial charge in [0, 0.05) is 44.0 Å². The van der Waals surface area contributed by atoms with E-state index in [1.807, 2.05) is 18.7 Å². The van der Waals surface area contributed by atoms with Gasteiger partial charge < -0.3 is 5.32 Å². The third kappa shape index (κ3) is 4.14. The highest BCUT2D eigenvalue weighted by atomic mass is 32.2. The van der Waals surface area contributed by atoms with Gasteiger partial charge in [-0.05, 0) is 31.9 Å². The lowest BCUT2D eigenvalue weighted by Gasteiger charge is -2.39. The summed E-state index contributed by atoms with van der Waals surface area (Å²) in [5.41, 5.74) is 0. The Hall–Kier alpha value is -0.790. The molecule has 2 atom stereocenters. The minimum Gasteiger partial charge on any atom is -0.335 e. The average Bonchev–Trinajstić information content (AvgIpc) is 3.16. The number of hydrogen-bond donors (Lipinski definition) is 2. The molecule has 0 bridgehead atoms. The zero-order valence-corrected chi connectivity index (χ0v) is 14.0. The number of carbonyl (C=O) groups is 2. The summed E-state index contributed by atoms with van der Waals surface area (Å²) >= 11 is 2.04. The summed E-state index contributed by atoms with van der Waals surface area (Å²) in [5, 5.41) is 5.25. The van der Waals surface area contributed by atoms with Gasteiger partial charge in [-0.15, -0.1) is 0 Å². The van der Waals surface area contributed by atoms with E-state index in [0.29, 0.717) is 0 Å². The maximum atomic E-state index is 12.2. The second-order valence-corrected chi connectivity index (χ2v) is 7.65. The molecule has 3 aliphatic rings. The normalized spacial score (nSPS) is 28.3. The summed E-state index contributed by atoms with van der Waals surface area (Å²) in [5.74, 6) is 2.33. The largest absolute Gasteiger partial charge is 0.335 e. The van der Waals surface area contributed by atoms with Crippen LogP contribution in [0.3, 0.4) is 0 Å². The van der Waals surface area contributed by atoms with Crippen LogP contribution in [0.2, 0.25) is 0 Å². The Kier molecular flexibility index (Phi) is 5.25. The Balaban J connectivity index is 1.41. The molecule has 0 radical (unpaired) electrons. The topological polar surface area (TPSA) is 64.7 Å². The van der Waals surface area contributed by atoms with Crippen molar-refractivity contribution in [2.24, 2.45) is 0 Å². The predicted molar refractivity (Wildman–Crippen MR) is 88.0 cm³/mol. The minimum atomic E-state index is -0.346. The summed E-state index contributed by atoms with van der Waals surface area (Å²) in [4.78, 5) is 28.5. The molecule has 7 heteroatoms.